The summed E-state index contributed by atoms with van der Waals surface area (Å²) in [5.74, 6) is -5.10. The van der Waals surface area contributed by atoms with Gasteiger partial charge in [-0.05, 0) is 158 Å². The number of anilines is 2. The zero-order valence-electron chi connectivity index (χ0n) is 53.8. The minimum absolute atomic E-state index is 0.0671. The first kappa shape index (κ1) is 70.7. The Hall–Kier alpha value is -12.2. The molecule has 496 valence electrons. The van der Waals surface area contributed by atoms with Crippen molar-refractivity contribution in [1.29, 1.82) is 5.26 Å². The van der Waals surface area contributed by atoms with E-state index in [9.17, 15) is 35.1 Å². The second-order valence-electron chi connectivity index (χ2n) is 22.1. The van der Waals surface area contributed by atoms with Gasteiger partial charge in [-0.25, -0.2) is 4.85 Å². The Labute approximate surface area is 560 Å². The Kier molecular flexibility index (Phi) is 25.6. The average Bonchev–Trinajstić information content (AvgIpc) is 0.801. The van der Waals surface area contributed by atoms with E-state index >= 15 is 9.59 Å². The molecular formula is C73H70N10O14. The normalized spacial score (nSPS) is 12.2. The van der Waals surface area contributed by atoms with Gasteiger partial charge in [0.25, 0.3) is 11.4 Å². The van der Waals surface area contributed by atoms with Crippen molar-refractivity contribution in [2.24, 2.45) is 37.7 Å². The molecule has 0 fully saturated rings. The van der Waals surface area contributed by atoms with Crippen LogP contribution in [-0.2, 0) is 38.1 Å². The minimum atomic E-state index is -2.32. The maximum absolute atomic E-state index is 15.0. The van der Waals surface area contributed by atoms with Crippen LogP contribution in [0.15, 0.2) is 215 Å². The third-order valence-corrected chi connectivity index (χ3v) is 15.5. The van der Waals surface area contributed by atoms with Gasteiger partial charge < -0.3 is 38.2 Å². The lowest BCUT2D eigenvalue weighted by Crippen LogP contribution is -2.47. The molecule has 2 unspecified atom stereocenters. The number of non-ortho nitro benzene ring substituents is 2. The lowest BCUT2D eigenvalue weighted by molar-refractivity contribution is -0.385. The van der Waals surface area contributed by atoms with E-state index < -0.39 is 63.8 Å². The predicted octanol–water partition coefficient (Wildman–Crippen LogP) is 15.8. The van der Waals surface area contributed by atoms with Gasteiger partial charge in [-0.2, -0.15) is 25.7 Å². The first-order valence-electron chi connectivity index (χ1n) is 31.1. The molecule has 0 spiro atoms. The minimum Gasteiger partial charge on any atom is -0.490 e. The smallest absolute Gasteiger partial charge is 0.323 e. The van der Waals surface area contributed by atoms with Crippen molar-refractivity contribution >= 4 is 75.1 Å². The van der Waals surface area contributed by atoms with E-state index in [1.54, 1.807) is 72.8 Å². The number of nitro groups is 2. The molecule has 0 bridgehead atoms. The molecular weight excluding hydrogens is 1240 g/mol. The first-order chi connectivity index (χ1) is 47.0. The SMILES string of the molecule is [C-]#[N+]c1ccc(-c2ccc(OCCOC(=O)C(CC(C)C(=O)OCCN(CC)c3ccc(/N=N/c4ccc([N+](=O)[O-])cc4)cc3)(CC(C)C(=O)OCCN(CC)c3ccc(/N=N/c4ccc([N+](=O)[O-])cc4)cc3)C(=O)OCCOc3ccc(-c4ccc(C#N)cc4)cc3)cc2)cc1. The van der Waals surface area contributed by atoms with Crippen molar-refractivity contribution in [2.45, 2.75) is 40.5 Å². The third kappa shape index (κ3) is 20.4. The summed E-state index contributed by atoms with van der Waals surface area (Å²) in [4.78, 5) is 87.0. The fourth-order valence-corrected chi connectivity index (χ4v) is 10.2. The standard InChI is InChI=1S/C73H70N10O14/c1-6-80(63-28-20-59(21-29-63)76-78-61-24-32-65(33-25-61)82(88)89)40-42-94-69(84)51(3)48-73(71(86)96-46-44-92-67-36-14-56(15-37-67)54-10-8-53(50-74)9-11-54,72(87)97-47-45-93-68-38-16-57(17-39-68)55-12-18-58(75-5)19-13-55)49-52(4)70(85)95-43-41-81(7-2)64-30-22-60(23-31-64)77-79-62-26-34-66(35-27-62)83(90)91/h8-39,51-52H,6-7,40-49H2,1-4H3/b78-76+,79-77+. The van der Waals surface area contributed by atoms with E-state index in [2.05, 4.69) is 31.4 Å². The van der Waals surface area contributed by atoms with Gasteiger partial charge in [-0.1, -0.05) is 74.5 Å². The zero-order chi connectivity index (χ0) is 69.1. The Bertz CT molecular complexity index is 3840. The molecule has 24 nitrogen and oxygen atoms in total. The first-order valence-corrected chi connectivity index (χ1v) is 31.1. The van der Waals surface area contributed by atoms with Gasteiger partial charge in [0.2, 0.25) is 0 Å². The van der Waals surface area contributed by atoms with Crippen LogP contribution in [0.3, 0.4) is 0 Å². The molecule has 97 heavy (non-hydrogen) atoms. The van der Waals surface area contributed by atoms with Crippen molar-refractivity contribution < 1.29 is 57.4 Å². The second kappa shape index (κ2) is 35.2. The summed E-state index contributed by atoms with van der Waals surface area (Å²) in [5.41, 5.74) is 5.55. The van der Waals surface area contributed by atoms with Crippen LogP contribution in [0.25, 0.3) is 27.1 Å². The number of hydrogen-bond acceptors (Lipinski definition) is 21. The summed E-state index contributed by atoms with van der Waals surface area (Å²) in [6, 6.07) is 56.2. The van der Waals surface area contributed by atoms with Crippen molar-refractivity contribution in [3.05, 3.63) is 231 Å². The number of carbonyl (C=O) groups is 4. The number of esters is 4. The van der Waals surface area contributed by atoms with Gasteiger partial charge in [-0.15, -0.1) is 0 Å². The number of nitriles is 1. The van der Waals surface area contributed by atoms with Crippen LogP contribution in [0.2, 0.25) is 0 Å². The molecule has 24 heteroatoms. The summed E-state index contributed by atoms with van der Waals surface area (Å²) < 4.78 is 35.5. The Morgan fingerprint density at radius 2 is 0.814 bits per heavy atom. The van der Waals surface area contributed by atoms with E-state index in [1.807, 2.05) is 96.4 Å². The number of nitro benzene ring substituents is 2. The van der Waals surface area contributed by atoms with Crippen LogP contribution >= 0.6 is 0 Å². The third-order valence-electron chi connectivity index (χ3n) is 15.5. The van der Waals surface area contributed by atoms with Crippen molar-refractivity contribution in [3.8, 4) is 39.8 Å². The van der Waals surface area contributed by atoms with Gasteiger partial charge in [0.1, 0.15) is 51.1 Å². The number of azo groups is 2. The van der Waals surface area contributed by atoms with Crippen LogP contribution in [0.5, 0.6) is 11.5 Å². The van der Waals surface area contributed by atoms with Crippen LogP contribution < -0.4 is 19.3 Å². The van der Waals surface area contributed by atoms with Crippen LogP contribution in [0, 0.1) is 55.4 Å². The molecule has 0 amide bonds. The quantitative estimate of drug-likeness (QED) is 0.00529. The van der Waals surface area contributed by atoms with Crippen LogP contribution in [-0.4, -0.2) is 99.5 Å². The number of nitrogens with zero attached hydrogens (tertiary/aromatic N) is 10. The van der Waals surface area contributed by atoms with Gasteiger partial charge >= 0.3 is 23.9 Å². The highest BCUT2D eigenvalue weighted by Crippen LogP contribution is 2.39. The van der Waals surface area contributed by atoms with Gasteiger partial charge in [0.05, 0.1) is 75.7 Å². The van der Waals surface area contributed by atoms with Gasteiger partial charge in [0.15, 0.2) is 11.1 Å². The van der Waals surface area contributed by atoms with Gasteiger partial charge in [0, 0.05) is 48.7 Å². The van der Waals surface area contributed by atoms with Crippen molar-refractivity contribution in [2.75, 3.05) is 75.6 Å². The Balaban J connectivity index is 0.973. The van der Waals surface area contributed by atoms with Crippen LogP contribution in [0.1, 0.15) is 46.1 Å². The van der Waals surface area contributed by atoms with Crippen LogP contribution in [0.4, 0.5) is 51.2 Å². The molecule has 0 aliphatic rings. The predicted molar refractivity (Wildman–Crippen MR) is 363 cm³/mol. The molecule has 0 radical (unpaired) electrons. The molecule has 8 aromatic carbocycles. The molecule has 0 heterocycles. The molecule has 0 aromatic heterocycles. The van der Waals surface area contributed by atoms with E-state index in [4.69, 9.17) is 35.0 Å². The molecule has 0 aliphatic carbocycles. The molecule has 0 N–H and O–H groups in total. The highest BCUT2D eigenvalue weighted by atomic mass is 16.6. The fourth-order valence-electron chi connectivity index (χ4n) is 10.2. The molecule has 8 aromatic rings. The average molecular weight is 1310 g/mol. The van der Waals surface area contributed by atoms with E-state index in [1.165, 1.54) is 62.4 Å². The topological polar surface area (TPSA) is 294 Å². The zero-order valence-corrected chi connectivity index (χ0v) is 53.8. The van der Waals surface area contributed by atoms with Crippen molar-refractivity contribution in [3.63, 3.8) is 0 Å². The number of likely N-dealkylation sites (N-methyl/N-ethyl adjacent to an activating group) is 2. The summed E-state index contributed by atoms with van der Waals surface area (Å²) in [7, 11) is 0. The van der Waals surface area contributed by atoms with E-state index in [0.717, 1.165) is 33.6 Å². The summed E-state index contributed by atoms with van der Waals surface area (Å²) in [6.45, 7) is 14.4. The number of benzene rings is 8. The lowest BCUT2D eigenvalue weighted by Gasteiger charge is -2.33. The Morgan fingerprint density at radius 1 is 0.485 bits per heavy atom. The summed E-state index contributed by atoms with van der Waals surface area (Å²) >= 11 is 0. The highest BCUT2D eigenvalue weighted by Gasteiger charge is 2.52. The highest BCUT2D eigenvalue weighted by molar-refractivity contribution is 6.01. The lowest BCUT2D eigenvalue weighted by atomic mass is 9.73. The molecule has 0 saturated heterocycles. The number of ether oxygens (including phenoxy) is 6. The molecule has 8 rings (SSSR count). The summed E-state index contributed by atoms with van der Waals surface area (Å²) in [6.07, 6.45) is -1.03. The fraction of sp³-hybridized carbons (Fsp3) is 0.260. The molecule has 2 atom stereocenters. The maximum atomic E-state index is 15.0. The van der Waals surface area contributed by atoms with E-state index in [-0.39, 0.29) is 64.1 Å². The number of hydrogen-bond donors (Lipinski definition) is 0. The largest absolute Gasteiger partial charge is 0.490 e. The monoisotopic (exact) mass is 1310 g/mol. The molecule has 0 saturated carbocycles. The second-order valence-corrected chi connectivity index (χ2v) is 22.1. The number of rotatable bonds is 34. The van der Waals surface area contributed by atoms with Crippen molar-refractivity contribution in [1.82, 2.24) is 0 Å². The Morgan fingerprint density at radius 3 is 1.13 bits per heavy atom. The summed E-state index contributed by atoms with van der Waals surface area (Å²) in [5, 5.41) is 48.2. The number of carbonyl (C=O) groups excluding carboxylic acids is 4. The molecule has 0 aliphatic heterocycles. The van der Waals surface area contributed by atoms with E-state index in [0.29, 0.717) is 58.6 Å². The van der Waals surface area contributed by atoms with Gasteiger partial charge in [-0.3, -0.25) is 39.4 Å². The maximum Gasteiger partial charge on any atom is 0.323 e.